The van der Waals surface area contributed by atoms with Crippen molar-refractivity contribution in [2.45, 2.75) is 117 Å². The Morgan fingerprint density at radius 3 is 2.62 bits per heavy atom. The predicted octanol–water partition coefficient (Wildman–Crippen LogP) is 7.34. The highest BCUT2D eigenvalue weighted by Gasteiger charge is 2.59. The third-order valence-corrected chi connectivity index (χ3v) is 12.0. The van der Waals surface area contributed by atoms with Crippen molar-refractivity contribution in [2.75, 3.05) is 0 Å². The minimum atomic E-state index is -4.44. The molecule has 3 saturated carbocycles. The lowest BCUT2D eigenvalue weighted by atomic mass is 9.47. The fourth-order valence-corrected chi connectivity index (χ4v) is 10.1. The SMILES string of the molecule is C[C@H](CCCC(C)(C)OS(=O)(=O)O)[C@H]1CC[C@H]2[C@@H]3CC=C4C[C@@H](OSOOO)CC[C@]4(C)[C@H]3CC[C@]12C. The van der Waals surface area contributed by atoms with Crippen molar-refractivity contribution in [2.24, 2.45) is 40.4 Å². The number of fused-ring (bicyclic) bond motifs is 5. The van der Waals surface area contributed by atoms with Crippen molar-refractivity contribution in [1.82, 2.24) is 0 Å². The molecule has 8 nitrogen and oxygen atoms in total. The molecule has 4 aliphatic rings. The molecule has 0 unspecified atom stereocenters. The lowest BCUT2D eigenvalue weighted by molar-refractivity contribution is -0.434. The molecular weight excluding hydrogens is 516 g/mol. The molecule has 8 atom stereocenters. The van der Waals surface area contributed by atoms with Crippen LogP contribution in [0.1, 0.15) is 105 Å². The highest BCUT2D eigenvalue weighted by atomic mass is 32.3. The first-order chi connectivity index (χ1) is 17.3. The second-order valence-electron chi connectivity index (χ2n) is 13.3. The van der Waals surface area contributed by atoms with Crippen molar-refractivity contribution >= 4 is 22.7 Å². The summed E-state index contributed by atoms with van der Waals surface area (Å²) in [6.45, 7) is 10.9. The van der Waals surface area contributed by atoms with Crippen LogP contribution in [0.25, 0.3) is 0 Å². The van der Waals surface area contributed by atoms with Crippen LogP contribution in [-0.4, -0.2) is 29.9 Å². The zero-order chi connectivity index (χ0) is 27.1. The summed E-state index contributed by atoms with van der Waals surface area (Å²) in [5, 5.41) is 12.0. The average molecular weight is 563 g/mol. The summed E-state index contributed by atoms with van der Waals surface area (Å²) in [4.78, 5) is 0. The Bertz CT molecular complexity index is 937. The van der Waals surface area contributed by atoms with Gasteiger partial charge in [-0.1, -0.05) is 50.3 Å². The first-order valence-corrected chi connectivity index (χ1v) is 16.0. The maximum Gasteiger partial charge on any atom is 0.397 e. The molecule has 0 saturated heterocycles. The minimum Gasteiger partial charge on any atom is -0.286 e. The van der Waals surface area contributed by atoms with Gasteiger partial charge in [-0.2, -0.15) is 8.42 Å². The second-order valence-corrected chi connectivity index (χ2v) is 14.8. The molecule has 0 aliphatic heterocycles. The standard InChI is InChI=1S/C27H46O8S2/c1-18(7-6-14-25(2,3)33-37(29,30)31)22-10-11-23-21-9-8-19-17-20(32-36-35-34-28)12-15-26(19,4)24(21)13-16-27(22,23)5/h8,18,20-24,28H,6-7,9-17H2,1-5H3,(H,29,30,31)/t18-,20+,21+,22-,23+,24+,26+,27-/m1/s1. The fourth-order valence-electron chi connectivity index (χ4n) is 9.15. The van der Waals surface area contributed by atoms with Crippen LogP contribution in [-0.2, 0) is 28.1 Å². The van der Waals surface area contributed by atoms with Gasteiger partial charge in [-0.15, -0.1) is 4.33 Å². The van der Waals surface area contributed by atoms with Gasteiger partial charge in [0.2, 0.25) is 0 Å². The first kappa shape index (κ1) is 29.8. The smallest absolute Gasteiger partial charge is 0.286 e. The van der Waals surface area contributed by atoms with Crippen LogP contribution in [0.2, 0.25) is 0 Å². The quantitative estimate of drug-likeness (QED) is 0.0667. The van der Waals surface area contributed by atoms with Crippen molar-refractivity contribution in [3.05, 3.63) is 11.6 Å². The Balaban J connectivity index is 1.37. The van der Waals surface area contributed by atoms with Gasteiger partial charge in [0.25, 0.3) is 0 Å². The molecule has 0 heterocycles. The van der Waals surface area contributed by atoms with Crippen molar-refractivity contribution in [1.29, 1.82) is 0 Å². The summed E-state index contributed by atoms with van der Waals surface area (Å²) in [7, 11) is -4.44. The van der Waals surface area contributed by atoms with Crippen molar-refractivity contribution in [3.8, 4) is 0 Å². The van der Waals surface area contributed by atoms with Gasteiger partial charge in [-0.05, 0) is 112 Å². The van der Waals surface area contributed by atoms with Crippen molar-refractivity contribution in [3.63, 3.8) is 0 Å². The maximum atomic E-state index is 11.2. The van der Waals surface area contributed by atoms with Gasteiger partial charge in [0.1, 0.15) is 0 Å². The number of hydrogen-bond donors (Lipinski definition) is 2. The molecule has 0 radical (unpaired) electrons. The summed E-state index contributed by atoms with van der Waals surface area (Å²) in [5.41, 5.74) is 1.25. The zero-order valence-corrected chi connectivity index (χ0v) is 24.6. The van der Waals surface area contributed by atoms with Crippen LogP contribution in [0, 0.1) is 40.4 Å². The van der Waals surface area contributed by atoms with E-state index in [1.165, 1.54) is 31.3 Å². The second kappa shape index (κ2) is 11.4. The zero-order valence-electron chi connectivity index (χ0n) is 23.0. The van der Waals surface area contributed by atoms with Crippen LogP contribution < -0.4 is 0 Å². The molecule has 0 amide bonds. The Morgan fingerprint density at radius 2 is 1.92 bits per heavy atom. The molecule has 0 spiro atoms. The highest BCUT2D eigenvalue weighted by Crippen LogP contribution is 2.67. The van der Waals surface area contributed by atoms with Crippen LogP contribution in [0.5, 0.6) is 0 Å². The lowest BCUT2D eigenvalue weighted by Gasteiger charge is -2.58. The van der Waals surface area contributed by atoms with Crippen LogP contribution >= 0.6 is 12.3 Å². The molecule has 0 bridgehead atoms. The predicted molar refractivity (Wildman–Crippen MR) is 142 cm³/mol. The molecular formula is C27H46O8S2. The van der Waals surface area contributed by atoms with Gasteiger partial charge in [-0.3, -0.25) is 8.74 Å². The number of hydrogen-bond acceptors (Lipinski definition) is 8. The van der Waals surface area contributed by atoms with E-state index >= 15 is 0 Å². The topological polar surface area (TPSA) is 112 Å². The van der Waals surface area contributed by atoms with E-state index in [2.05, 4.69) is 36.2 Å². The summed E-state index contributed by atoms with van der Waals surface area (Å²) in [6.07, 6.45) is 14.5. The fraction of sp³-hybridized carbons (Fsp3) is 0.926. The molecule has 214 valence electrons. The first-order valence-electron chi connectivity index (χ1n) is 14.0. The van der Waals surface area contributed by atoms with E-state index in [-0.39, 0.29) is 11.5 Å². The van der Waals surface area contributed by atoms with Gasteiger partial charge in [0, 0.05) is 0 Å². The van der Waals surface area contributed by atoms with E-state index in [4.69, 9.17) is 18.2 Å². The van der Waals surface area contributed by atoms with E-state index in [9.17, 15) is 8.42 Å². The van der Waals surface area contributed by atoms with E-state index < -0.39 is 16.0 Å². The Kier molecular flexibility index (Phi) is 9.14. The molecule has 0 aromatic heterocycles. The van der Waals surface area contributed by atoms with E-state index in [1.54, 1.807) is 13.8 Å². The monoisotopic (exact) mass is 562 g/mol. The van der Waals surface area contributed by atoms with E-state index in [0.29, 0.717) is 36.0 Å². The van der Waals surface area contributed by atoms with Gasteiger partial charge < -0.3 is 0 Å². The van der Waals surface area contributed by atoms with Gasteiger partial charge in [0.05, 0.1) is 11.7 Å². The van der Waals surface area contributed by atoms with Gasteiger partial charge in [-0.25, -0.2) is 9.44 Å². The summed E-state index contributed by atoms with van der Waals surface area (Å²) >= 11 is 0.700. The molecule has 2 N–H and O–H groups in total. The Labute approximate surface area is 227 Å². The molecule has 37 heavy (non-hydrogen) atoms. The summed E-state index contributed by atoms with van der Waals surface area (Å²) in [6, 6.07) is 0. The van der Waals surface area contributed by atoms with Crippen molar-refractivity contribution < 1.29 is 36.0 Å². The Hall–Kier alpha value is -0.200. The third kappa shape index (κ3) is 6.42. The molecule has 3 fully saturated rings. The number of allylic oxidation sites excluding steroid dienone is 1. The van der Waals surface area contributed by atoms with Gasteiger partial charge >= 0.3 is 10.4 Å². The van der Waals surface area contributed by atoms with Crippen LogP contribution in [0.15, 0.2) is 11.6 Å². The average Bonchev–Trinajstić information content (AvgIpc) is 3.15. The summed E-state index contributed by atoms with van der Waals surface area (Å²) in [5.74, 6) is 3.49. The third-order valence-electron chi connectivity index (χ3n) is 10.8. The van der Waals surface area contributed by atoms with Crippen LogP contribution in [0.3, 0.4) is 0 Å². The normalized spacial score (nSPS) is 38.9. The lowest BCUT2D eigenvalue weighted by Crippen LogP contribution is -2.50. The number of rotatable bonds is 11. The van der Waals surface area contributed by atoms with E-state index in [0.717, 1.165) is 56.3 Å². The van der Waals surface area contributed by atoms with Crippen LogP contribution in [0.4, 0.5) is 0 Å². The Morgan fingerprint density at radius 1 is 1.16 bits per heavy atom. The minimum absolute atomic E-state index is 0.0782. The molecule has 4 rings (SSSR count). The molecule has 0 aromatic rings. The van der Waals surface area contributed by atoms with Gasteiger partial charge in [0.15, 0.2) is 12.3 Å². The molecule has 0 aromatic carbocycles. The molecule has 4 aliphatic carbocycles. The largest absolute Gasteiger partial charge is 0.397 e. The molecule has 10 heteroatoms. The highest BCUT2D eigenvalue weighted by molar-refractivity contribution is 7.89. The summed E-state index contributed by atoms with van der Waals surface area (Å²) < 4.78 is 46.3. The van der Waals surface area contributed by atoms with E-state index in [1.807, 2.05) is 0 Å². The maximum absolute atomic E-state index is 11.2.